The summed E-state index contributed by atoms with van der Waals surface area (Å²) in [5.74, 6) is -0.0463. The highest BCUT2D eigenvalue weighted by atomic mass is 16.6. The van der Waals surface area contributed by atoms with Crippen LogP contribution in [0.1, 0.15) is 26.0 Å². The third kappa shape index (κ3) is 2.88. The number of nitrogen functional groups attached to an aromatic ring is 1. The van der Waals surface area contributed by atoms with E-state index in [9.17, 15) is 15.0 Å². The van der Waals surface area contributed by atoms with Crippen molar-refractivity contribution in [1.29, 1.82) is 0 Å². The largest absolute Gasteiger partial charge is 0.394 e. The standard InChI is InChI=1S/C14H21N5O5/c1-2-3-4-23-10-9(21)7(5-20)24-13(10)19-6-16-8-11(19)17-14(15)18-12(8)22/h6-7,9-10,13,20-21H,2-5H2,1H3,(H3,15,17,18,22)/t7-,9-,10-,13-/m1/s1. The van der Waals surface area contributed by atoms with E-state index < -0.39 is 30.1 Å². The van der Waals surface area contributed by atoms with Crippen molar-refractivity contribution in [2.45, 2.75) is 44.3 Å². The molecule has 10 heteroatoms. The molecule has 0 aliphatic carbocycles. The van der Waals surface area contributed by atoms with Gasteiger partial charge in [0.15, 0.2) is 17.4 Å². The molecular formula is C14H21N5O5. The zero-order valence-corrected chi connectivity index (χ0v) is 13.3. The molecule has 5 N–H and O–H groups in total. The van der Waals surface area contributed by atoms with E-state index in [1.807, 2.05) is 6.92 Å². The van der Waals surface area contributed by atoms with Crippen molar-refractivity contribution < 1.29 is 19.7 Å². The van der Waals surface area contributed by atoms with Gasteiger partial charge in [0, 0.05) is 6.61 Å². The molecule has 24 heavy (non-hydrogen) atoms. The highest BCUT2D eigenvalue weighted by Gasteiger charge is 2.45. The molecule has 4 atom stereocenters. The minimum absolute atomic E-state index is 0.0463. The molecule has 0 bridgehead atoms. The maximum atomic E-state index is 11.9. The van der Waals surface area contributed by atoms with E-state index in [4.69, 9.17) is 15.2 Å². The normalized spacial score (nSPS) is 27.1. The van der Waals surface area contributed by atoms with E-state index in [1.54, 1.807) is 0 Å². The van der Waals surface area contributed by atoms with Crippen molar-refractivity contribution in [3.8, 4) is 0 Å². The number of aromatic amines is 1. The maximum Gasteiger partial charge on any atom is 0.280 e. The Balaban J connectivity index is 1.97. The molecule has 0 spiro atoms. The zero-order valence-electron chi connectivity index (χ0n) is 13.3. The van der Waals surface area contributed by atoms with E-state index in [2.05, 4.69) is 15.0 Å². The quantitative estimate of drug-likeness (QED) is 0.497. The number of rotatable bonds is 6. The summed E-state index contributed by atoms with van der Waals surface area (Å²) in [6.45, 7) is 2.12. The van der Waals surface area contributed by atoms with E-state index in [-0.39, 0.29) is 23.7 Å². The monoisotopic (exact) mass is 339 g/mol. The van der Waals surface area contributed by atoms with Crippen LogP contribution in [0.25, 0.3) is 11.2 Å². The van der Waals surface area contributed by atoms with Crippen molar-refractivity contribution in [2.75, 3.05) is 18.9 Å². The van der Waals surface area contributed by atoms with E-state index in [1.165, 1.54) is 10.9 Å². The lowest BCUT2D eigenvalue weighted by atomic mass is 10.1. The predicted molar refractivity (Wildman–Crippen MR) is 84.2 cm³/mol. The molecule has 0 amide bonds. The Morgan fingerprint density at radius 2 is 2.33 bits per heavy atom. The molecule has 0 unspecified atom stereocenters. The van der Waals surface area contributed by atoms with Crippen LogP contribution in [0.15, 0.2) is 11.1 Å². The Morgan fingerprint density at radius 1 is 1.54 bits per heavy atom. The number of aliphatic hydroxyl groups excluding tert-OH is 2. The molecule has 1 aliphatic rings. The van der Waals surface area contributed by atoms with Gasteiger partial charge in [-0.25, -0.2) is 4.98 Å². The summed E-state index contributed by atoms with van der Waals surface area (Å²) in [7, 11) is 0. The summed E-state index contributed by atoms with van der Waals surface area (Å²) < 4.78 is 13.0. The number of hydrogen-bond donors (Lipinski definition) is 4. The Hall–Kier alpha value is -2.01. The van der Waals surface area contributed by atoms with Crippen molar-refractivity contribution in [2.24, 2.45) is 0 Å². The second kappa shape index (κ2) is 6.85. The van der Waals surface area contributed by atoms with Crippen LogP contribution < -0.4 is 11.3 Å². The molecule has 1 saturated heterocycles. The van der Waals surface area contributed by atoms with E-state index >= 15 is 0 Å². The molecule has 0 aromatic carbocycles. The first-order valence-corrected chi connectivity index (χ1v) is 7.85. The fourth-order valence-corrected chi connectivity index (χ4v) is 2.77. The third-order valence-electron chi connectivity index (χ3n) is 4.03. The maximum absolute atomic E-state index is 11.9. The first kappa shape index (κ1) is 16.8. The summed E-state index contributed by atoms with van der Waals surface area (Å²) in [5.41, 5.74) is 5.48. The lowest BCUT2D eigenvalue weighted by Crippen LogP contribution is -2.35. The van der Waals surface area contributed by atoms with Gasteiger partial charge in [-0.3, -0.25) is 14.3 Å². The number of hydrogen-bond acceptors (Lipinski definition) is 8. The van der Waals surface area contributed by atoms with Crippen LogP contribution in [0.5, 0.6) is 0 Å². The molecule has 2 aromatic heterocycles. The van der Waals surface area contributed by atoms with Gasteiger partial charge in [-0.1, -0.05) is 13.3 Å². The summed E-state index contributed by atoms with van der Waals surface area (Å²) in [5, 5.41) is 19.7. The highest BCUT2D eigenvalue weighted by molar-refractivity contribution is 5.70. The van der Waals surface area contributed by atoms with Crippen molar-refractivity contribution >= 4 is 17.1 Å². The van der Waals surface area contributed by atoms with Crippen LogP contribution in [-0.4, -0.2) is 61.3 Å². The van der Waals surface area contributed by atoms with Gasteiger partial charge < -0.3 is 25.4 Å². The molecule has 0 radical (unpaired) electrons. The van der Waals surface area contributed by atoms with E-state index in [0.29, 0.717) is 6.61 Å². The molecule has 10 nitrogen and oxygen atoms in total. The average Bonchev–Trinajstić information content (AvgIpc) is 3.09. The number of nitrogens with zero attached hydrogens (tertiary/aromatic N) is 3. The predicted octanol–water partition coefficient (Wildman–Crippen LogP) is -0.862. The zero-order chi connectivity index (χ0) is 17.3. The van der Waals surface area contributed by atoms with Crippen molar-refractivity contribution in [3.05, 3.63) is 16.7 Å². The number of anilines is 1. The lowest BCUT2D eigenvalue weighted by Gasteiger charge is -2.22. The van der Waals surface area contributed by atoms with Gasteiger partial charge in [-0.2, -0.15) is 4.98 Å². The summed E-state index contributed by atoms with van der Waals surface area (Å²) in [6, 6.07) is 0. The number of aromatic nitrogens is 4. The van der Waals surface area contributed by atoms with Crippen LogP contribution in [0.4, 0.5) is 5.95 Å². The number of fused-ring (bicyclic) bond motifs is 1. The van der Waals surface area contributed by atoms with E-state index in [0.717, 1.165) is 12.8 Å². The molecule has 0 saturated carbocycles. The molecule has 132 valence electrons. The molecule has 3 heterocycles. The Bertz CT molecular complexity index is 760. The molecule has 2 aromatic rings. The highest BCUT2D eigenvalue weighted by Crippen LogP contribution is 2.33. The molecule has 3 rings (SSSR count). The second-order valence-electron chi connectivity index (χ2n) is 5.70. The summed E-state index contributed by atoms with van der Waals surface area (Å²) in [6.07, 6.45) is -0.123. The van der Waals surface area contributed by atoms with Crippen LogP contribution in [0, 0.1) is 0 Å². The Morgan fingerprint density at radius 3 is 3.04 bits per heavy atom. The van der Waals surface area contributed by atoms with Crippen molar-refractivity contribution in [3.63, 3.8) is 0 Å². The third-order valence-corrected chi connectivity index (χ3v) is 4.03. The molecule has 1 fully saturated rings. The van der Waals surface area contributed by atoms with Crippen LogP contribution in [0.3, 0.4) is 0 Å². The van der Waals surface area contributed by atoms with Gasteiger partial charge in [0.25, 0.3) is 5.56 Å². The van der Waals surface area contributed by atoms with Gasteiger partial charge in [0.2, 0.25) is 5.95 Å². The van der Waals surface area contributed by atoms with Gasteiger partial charge >= 0.3 is 0 Å². The number of aliphatic hydroxyl groups is 2. The number of imidazole rings is 1. The first-order valence-electron chi connectivity index (χ1n) is 7.85. The smallest absolute Gasteiger partial charge is 0.280 e. The second-order valence-corrected chi connectivity index (χ2v) is 5.70. The first-order chi connectivity index (χ1) is 11.6. The van der Waals surface area contributed by atoms with Crippen molar-refractivity contribution in [1.82, 2.24) is 19.5 Å². The number of nitrogens with one attached hydrogen (secondary N) is 1. The summed E-state index contributed by atoms with van der Waals surface area (Å²) >= 11 is 0. The molecule has 1 aliphatic heterocycles. The molecular weight excluding hydrogens is 318 g/mol. The minimum atomic E-state index is -1.01. The van der Waals surface area contributed by atoms with Gasteiger partial charge in [-0.15, -0.1) is 0 Å². The number of H-pyrrole nitrogens is 1. The number of nitrogens with two attached hydrogens (primary N) is 1. The lowest BCUT2D eigenvalue weighted by molar-refractivity contribution is -0.0709. The average molecular weight is 339 g/mol. The number of unbranched alkanes of at least 4 members (excludes halogenated alkanes) is 1. The topological polar surface area (TPSA) is 149 Å². The van der Waals surface area contributed by atoms with Gasteiger partial charge in [0.1, 0.15) is 18.3 Å². The fraction of sp³-hybridized carbons (Fsp3) is 0.643. The Kier molecular flexibility index (Phi) is 4.81. The Labute approximate surface area is 137 Å². The van der Waals surface area contributed by atoms with Gasteiger partial charge in [0.05, 0.1) is 12.9 Å². The van der Waals surface area contributed by atoms with Gasteiger partial charge in [-0.05, 0) is 6.42 Å². The number of ether oxygens (including phenoxy) is 2. The fourth-order valence-electron chi connectivity index (χ4n) is 2.77. The minimum Gasteiger partial charge on any atom is -0.394 e. The SMILES string of the molecule is CCCCO[C@@H]1[C@H](O)[C@@H](CO)O[C@H]1n1cnc2c(=O)[nH]c(N)nc21. The van der Waals surface area contributed by atoms with Crippen LogP contribution in [0.2, 0.25) is 0 Å². The van der Waals surface area contributed by atoms with Crippen LogP contribution >= 0.6 is 0 Å². The summed E-state index contributed by atoms with van der Waals surface area (Å²) in [4.78, 5) is 22.4. The van der Waals surface area contributed by atoms with Crippen LogP contribution in [-0.2, 0) is 9.47 Å².